The van der Waals surface area contributed by atoms with Crippen LogP contribution in [0.5, 0.6) is 0 Å². The highest BCUT2D eigenvalue weighted by atomic mass is 32.1. The third kappa shape index (κ3) is 2.87. The van der Waals surface area contributed by atoms with E-state index in [1.165, 1.54) is 15.3 Å². The number of hydrogen-bond donors (Lipinski definition) is 2. The minimum atomic E-state index is 0.136. The number of aryl methyl sites for hydroxylation is 2. The van der Waals surface area contributed by atoms with Crippen LogP contribution in [0.4, 0.5) is 0 Å². The molecule has 0 saturated carbocycles. The summed E-state index contributed by atoms with van der Waals surface area (Å²) < 4.78 is 0. The number of rotatable bonds is 3. The SMILES string of the molecule is Cc1cc(CNC(=O)[C@@H]2CNC[C@H]2C)sc1C. The van der Waals surface area contributed by atoms with Gasteiger partial charge in [-0.3, -0.25) is 4.79 Å². The Morgan fingerprint density at radius 2 is 2.29 bits per heavy atom. The lowest BCUT2D eigenvalue weighted by Crippen LogP contribution is -2.33. The van der Waals surface area contributed by atoms with E-state index in [2.05, 4.69) is 37.5 Å². The molecule has 1 fully saturated rings. The normalized spacial score (nSPS) is 23.9. The molecule has 0 bridgehead atoms. The number of thiophene rings is 1. The summed E-state index contributed by atoms with van der Waals surface area (Å²) in [5.41, 5.74) is 1.31. The number of carbonyl (C=O) groups is 1. The predicted molar refractivity (Wildman–Crippen MR) is 71.2 cm³/mol. The van der Waals surface area contributed by atoms with Crippen LogP contribution in [0.2, 0.25) is 0 Å². The van der Waals surface area contributed by atoms with Gasteiger partial charge in [-0.25, -0.2) is 0 Å². The summed E-state index contributed by atoms with van der Waals surface area (Å²) in [5.74, 6) is 0.769. The van der Waals surface area contributed by atoms with E-state index in [0.29, 0.717) is 12.5 Å². The van der Waals surface area contributed by atoms with Gasteiger partial charge in [-0.1, -0.05) is 6.92 Å². The van der Waals surface area contributed by atoms with Gasteiger partial charge in [0.25, 0.3) is 0 Å². The molecule has 1 aliphatic rings. The molecule has 2 atom stereocenters. The second kappa shape index (κ2) is 5.19. The Labute approximate surface area is 107 Å². The van der Waals surface area contributed by atoms with Gasteiger partial charge in [0.15, 0.2) is 0 Å². The van der Waals surface area contributed by atoms with Crippen LogP contribution in [0.15, 0.2) is 6.07 Å². The highest BCUT2D eigenvalue weighted by Crippen LogP contribution is 2.21. The molecule has 0 radical (unpaired) electrons. The van der Waals surface area contributed by atoms with Crippen molar-refractivity contribution in [1.82, 2.24) is 10.6 Å². The summed E-state index contributed by atoms with van der Waals surface area (Å²) in [4.78, 5) is 14.6. The van der Waals surface area contributed by atoms with Gasteiger partial charge in [-0.05, 0) is 37.9 Å². The van der Waals surface area contributed by atoms with Gasteiger partial charge in [-0.15, -0.1) is 11.3 Å². The number of nitrogens with one attached hydrogen (secondary N) is 2. The zero-order chi connectivity index (χ0) is 12.4. The molecule has 0 aliphatic carbocycles. The first-order valence-electron chi connectivity index (χ1n) is 6.12. The summed E-state index contributed by atoms with van der Waals surface area (Å²) in [6.07, 6.45) is 0. The molecule has 3 nitrogen and oxygen atoms in total. The summed E-state index contributed by atoms with van der Waals surface area (Å²) in [6.45, 7) is 8.80. The molecule has 94 valence electrons. The Balaban J connectivity index is 1.87. The van der Waals surface area contributed by atoms with Crippen LogP contribution >= 0.6 is 11.3 Å². The first-order valence-corrected chi connectivity index (χ1v) is 6.94. The topological polar surface area (TPSA) is 41.1 Å². The van der Waals surface area contributed by atoms with Crippen molar-refractivity contribution in [2.75, 3.05) is 13.1 Å². The van der Waals surface area contributed by atoms with Gasteiger partial charge in [0.1, 0.15) is 0 Å². The number of carbonyl (C=O) groups excluding carboxylic acids is 1. The fraction of sp³-hybridized carbons (Fsp3) is 0.615. The monoisotopic (exact) mass is 252 g/mol. The Kier molecular flexibility index (Phi) is 3.84. The molecule has 1 aromatic rings. The molecule has 0 unspecified atom stereocenters. The van der Waals surface area contributed by atoms with Crippen molar-refractivity contribution < 1.29 is 4.79 Å². The van der Waals surface area contributed by atoms with E-state index in [-0.39, 0.29) is 11.8 Å². The van der Waals surface area contributed by atoms with E-state index in [9.17, 15) is 4.79 Å². The van der Waals surface area contributed by atoms with Crippen molar-refractivity contribution >= 4 is 17.2 Å². The summed E-state index contributed by atoms with van der Waals surface area (Å²) in [5, 5.41) is 6.30. The van der Waals surface area contributed by atoms with E-state index >= 15 is 0 Å². The van der Waals surface area contributed by atoms with E-state index < -0.39 is 0 Å². The second-order valence-electron chi connectivity index (χ2n) is 4.91. The Bertz CT molecular complexity index is 394. The Morgan fingerprint density at radius 1 is 1.53 bits per heavy atom. The van der Waals surface area contributed by atoms with Crippen molar-refractivity contribution in [3.8, 4) is 0 Å². The number of amides is 1. The molecule has 0 spiro atoms. The third-order valence-electron chi connectivity index (χ3n) is 3.51. The van der Waals surface area contributed by atoms with Gasteiger partial charge in [0.2, 0.25) is 5.91 Å². The second-order valence-corrected chi connectivity index (χ2v) is 6.25. The van der Waals surface area contributed by atoms with E-state index in [1.807, 2.05) is 0 Å². The lowest BCUT2D eigenvalue weighted by atomic mass is 9.97. The lowest BCUT2D eigenvalue weighted by Gasteiger charge is -2.13. The average molecular weight is 252 g/mol. The van der Waals surface area contributed by atoms with Gasteiger partial charge in [-0.2, -0.15) is 0 Å². The van der Waals surface area contributed by atoms with Gasteiger partial charge in [0.05, 0.1) is 12.5 Å². The zero-order valence-corrected chi connectivity index (χ0v) is 11.5. The standard InChI is InChI=1S/C13H20N2OS/c1-8-4-11(17-10(8)3)6-15-13(16)12-7-14-5-9(12)2/h4,9,12,14H,5-7H2,1-3H3,(H,15,16)/t9-,12-/m1/s1. The van der Waals surface area contributed by atoms with E-state index in [0.717, 1.165) is 13.1 Å². The van der Waals surface area contributed by atoms with E-state index in [1.54, 1.807) is 11.3 Å². The molecular formula is C13H20N2OS. The molecule has 2 N–H and O–H groups in total. The third-order valence-corrected chi connectivity index (χ3v) is 4.66. The van der Waals surface area contributed by atoms with Crippen molar-refractivity contribution in [2.45, 2.75) is 27.3 Å². The highest BCUT2D eigenvalue weighted by Gasteiger charge is 2.29. The predicted octanol–water partition coefficient (Wildman–Crippen LogP) is 1.84. The molecule has 0 aromatic carbocycles. The maximum atomic E-state index is 12.0. The first kappa shape index (κ1) is 12.6. The Hall–Kier alpha value is -0.870. The summed E-state index contributed by atoms with van der Waals surface area (Å²) in [6, 6.07) is 2.16. The van der Waals surface area contributed by atoms with Crippen molar-refractivity contribution in [3.05, 3.63) is 21.4 Å². The lowest BCUT2D eigenvalue weighted by molar-refractivity contribution is -0.125. The van der Waals surface area contributed by atoms with Crippen LogP contribution in [-0.4, -0.2) is 19.0 Å². The van der Waals surface area contributed by atoms with Crippen molar-refractivity contribution in [3.63, 3.8) is 0 Å². The summed E-state index contributed by atoms with van der Waals surface area (Å²) in [7, 11) is 0. The van der Waals surface area contributed by atoms with Crippen molar-refractivity contribution in [1.29, 1.82) is 0 Å². The minimum absolute atomic E-state index is 0.136. The fourth-order valence-electron chi connectivity index (χ4n) is 2.20. The molecule has 17 heavy (non-hydrogen) atoms. The van der Waals surface area contributed by atoms with Crippen LogP contribution in [0.3, 0.4) is 0 Å². The van der Waals surface area contributed by atoms with Crippen LogP contribution in [0.25, 0.3) is 0 Å². The smallest absolute Gasteiger partial charge is 0.225 e. The molecule has 1 amide bonds. The molecule has 2 rings (SSSR count). The molecule has 4 heteroatoms. The fourth-order valence-corrected chi connectivity index (χ4v) is 3.20. The Morgan fingerprint density at radius 3 is 2.82 bits per heavy atom. The maximum absolute atomic E-state index is 12.0. The summed E-state index contributed by atoms with van der Waals surface area (Å²) >= 11 is 1.77. The molecule has 1 aromatic heterocycles. The maximum Gasteiger partial charge on any atom is 0.225 e. The van der Waals surface area contributed by atoms with Gasteiger partial charge in [0, 0.05) is 16.3 Å². The quantitative estimate of drug-likeness (QED) is 0.862. The van der Waals surface area contributed by atoms with Crippen LogP contribution in [0.1, 0.15) is 22.2 Å². The highest BCUT2D eigenvalue weighted by molar-refractivity contribution is 7.12. The molecular weight excluding hydrogens is 232 g/mol. The molecule has 2 heterocycles. The van der Waals surface area contributed by atoms with E-state index in [4.69, 9.17) is 0 Å². The van der Waals surface area contributed by atoms with Crippen molar-refractivity contribution in [2.24, 2.45) is 11.8 Å². The van der Waals surface area contributed by atoms with Gasteiger partial charge >= 0.3 is 0 Å². The van der Waals surface area contributed by atoms with Crippen LogP contribution < -0.4 is 10.6 Å². The molecule has 1 aliphatic heterocycles. The molecule has 1 saturated heterocycles. The average Bonchev–Trinajstić information content (AvgIpc) is 2.83. The van der Waals surface area contributed by atoms with Gasteiger partial charge < -0.3 is 10.6 Å². The minimum Gasteiger partial charge on any atom is -0.351 e. The largest absolute Gasteiger partial charge is 0.351 e. The van der Waals surface area contributed by atoms with Crippen LogP contribution in [-0.2, 0) is 11.3 Å². The van der Waals surface area contributed by atoms with Crippen LogP contribution in [0, 0.1) is 25.7 Å². The number of hydrogen-bond acceptors (Lipinski definition) is 3. The first-order chi connectivity index (χ1) is 8.08. The zero-order valence-electron chi connectivity index (χ0n) is 10.7.